The van der Waals surface area contributed by atoms with E-state index in [-0.39, 0.29) is 6.04 Å². The Hall–Kier alpha value is -2.30. The summed E-state index contributed by atoms with van der Waals surface area (Å²) < 4.78 is 5.43. The van der Waals surface area contributed by atoms with Gasteiger partial charge in [0, 0.05) is 0 Å². The summed E-state index contributed by atoms with van der Waals surface area (Å²) in [5.74, 6) is 0.771. The van der Waals surface area contributed by atoms with E-state index in [0.717, 1.165) is 36.3 Å². The third-order valence-electron chi connectivity index (χ3n) is 4.33. The highest BCUT2D eigenvalue weighted by Crippen LogP contribution is 2.23. The molecule has 0 saturated heterocycles. The standard InChI is InChI=1S/C22H33N3O2/c1-6-7-8-9-10-18(25-21(26)27-22(3,4)5)20-23-15-19(24-20)17-13-11-16(2)12-14-17/h11-15,18H,6-10H2,1-5H3,(H,23,24)(H,25,26). The number of H-pyrrole nitrogens is 1. The third kappa shape index (κ3) is 7.08. The van der Waals surface area contributed by atoms with E-state index in [0.29, 0.717) is 0 Å². The maximum Gasteiger partial charge on any atom is 0.408 e. The molecule has 0 aliphatic rings. The summed E-state index contributed by atoms with van der Waals surface area (Å²) in [6.45, 7) is 9.86. The smallest absolute Gasteiger partial charge is 0.408 e. The number of ether oxygens (including phenoxy) is 1. The SMILES string of the molecule is CCCCCCC(NC(=O)OC(C)(C)C)c1ncc(-c2ccc(C)cc2)[nH]1. The quantitative estimate of drug-likeness (QED) is 0.566. The van der Waals surface area contributed by atoms with E-state index in [2.05, 4.69) is 53.4 Å². The molecule has 0 fully saturated rings. The molecule has 2 rings (SSSR count). The van der Waals surface area contributed by atoms with E-state index in [1.165, 1.54) is 18.4 Å². The van der Waals surface area contributed by atoms with Crippen LogP contribution in [0.1, 0.15) is 77.2 Å². The van der Waals surface area contributed by atoms with E-state index in [4.69, 9.17) is 4.74 Å². The van der Waals surface area contributed by atoms with Crippen LogP contribution in [0.15, 0.2) is 30.5 Å². The number of alkyl carbamates (subject to hydrolysis) is 1. The van der Waals surface area contributed by atoms with Gasteiger partial charge in [-0.2, -0.15) is 0 Å². The molecular formula is C22H33N3O2. The summed E-state index contributed by atoms with van der Waals surface area (Å²) in [4.78, 5) is 20.2. The van der Waals surface area contributed by atoms with Gasteiger partial charge in [-0.3, -0.25) is 0 Å². The Morgan fingerprint density at radius 2 is 1.89 bits per heavy atom. The van der Waals surface area contributed by atoms with E-state index in [1.807, 2.05) is 27.0 Å². The number of unbranched alkanes of at least 4 members (excludes halogenated alkanes) is 3. The average Bonchev–Trinajstić information content (AvgIpc) is 3.06. The van der Waals surface area contributed by atoms with Gasteiger partial charge < -0.3 is 15.0 Å². The van der Waals surface area contributed by atoms with Crippen molar-refractivity contribution >= 4 is 6.09 Å². The highest BCUT2D eigenvalue weighted by Gasteiger charge is 2.22. The number of hydrogen-bond donors (Lipinski definition) is 2. The lowest BCUT2D eigenvalue weighted by molar-refractivity contribution is 0.0498. The summed E-state index contributed by atoms with van der Waals surface area (Å²) >= 11 is 0. The summed E-state index contributed by atoms with van der Waals surface area (Å²) in [7, 11) is 0. The zero-order valence-corrected chi connectivity index (χ0v) is 17.3. The monoisotopic (exact) mass is 371 g/mol. The van der Waals surface area contributed by atoms with Gasteiger partial charge in [0.25, 0.3) is 0 Å². The van der Waals surface area contributed by atoms with Crippen LogP contribution in [0.5, 0.6) is 0 Å². The molecule has 0 bridgehead atoms. The number of hydrogen-bond acceptors (Lipinski definition) is 3. The van der Waals surface area contributed by atoms with Crippen molar-refractivity contribution in [3.8, 4) is 11.3 Å². The molecule has 1 aromatic carbocycles. The highest BCUT2D eigenvalue weighted by molar-refractivity contribution is 5.68. The molecule has 0 aliphatic carbocycles. The third-order valence-corrected chi connectivity index (χ3v) is 4.33. The van der Waals surface area contributed by atoms with Crippen LogP contribution in [0.2, 0.25) is 0 Å². The molecule has 1 amide bonds. The predicted molar refractivity (Wildman–Crippen MR) is 110 cm³/mol. The topological polar surface area (TPSA) is 67.0 Å². The van der Waals surface area contributed by atoms with Crippen LogP contribution in [0.25, 0.3) is 11.3 Å². The van der Waals surface area contributed by atoms with Crippen LogP contribution in [0.4, 0.5) is 4.79 Å². The molecule has 27 heavy (non-hydrogen) atoms. The number of imidazole rings is 1. The van der Waals surface area contributed by atoms with E-state index in [1.54, 1.807) is 0 Å². The second-order valence-corrected chi connectivity index (χ2v) is 8.10. The molecule has 1 unspecified atom stereocenters. The second-order valence-electron chi connectivity index (χ2n) is 8.10. The fourth-order valence-electron chi connectivity index (χ4n) is 2.90. The number of rotatable bonds is 8. The lowest BCUT2D eigenvalue weighted by Crippen LogP contribution is -2.35. The first-order valence-corrected chi connectivity index (χ1v) is 9.90. The fourth-order valence-corrected chi connectivity index (χ4v) is 2.90. The van der Waals surface area contributed by atoms with Crippen LogP contribution in [0.3, 0.4) is 0 Å². The van der Waals surface area contributed by atoms with Gasteiger partial charge in [-0.25, -0.2) is 9.78 Å². The van der Waals surface area contributed by atoms with Gasteiger partial charge in [-0.05, 0) is 39.7 Å². The molecule has 1 atom stereocenters. The van der Waals surface area contributed by atoms with Crippen molar-refractivity contribution in [2.75, 3.05) is 0 Å². The fraction of sp³-hybridized carbons (Fsp3) is 0.545. The zero-order chi connectivity index (χ0) is 19.9. The predicted octanol–water partition coefficient (Wildman–Crippen LogP) is 5.92. The molecule has 2 N–H and O–H groups in total. The molecular weight excluding hydrogens is 338 g/mol. The van der Waals surface area contributed by atoms with Gasteiger partial charge >= 0.3 is 6.09 Å². The highest BCUT2D eigenvalue weighted by atomic mass is 16.6. The Kier molecular flexibility index (Phi) is 7.45. The molecule has 148 valence electrons. The van der Waals surface area contributed by atoms with Crippen LogP contribution < -0.4 is 5.32 Å². The Bertz CT molecular complexity index is 714. The van der Waals surface area contributed by atoms with Gasteiger partial charge in [-0.1, -0.05) is 62.4 Å². The first-order valence-electron chi connectivity index (χ1n) is 9.90. The molecule has 0 saturated carbocycles. The second kappa shape index (κ2) is 9.58. The number of nitrogens with zero attached hydrogens (tertiary/aromatic N) is 1. The van der Waals surface area contributed by atoms with Crippen molar-refractivity contribution in [1.82, 2.24) is 15.3 Å². The number of aromatic amines is 1. The Morgan fingerprint density at radius 1 is 1.19 bits per heavy atom. The lowest BCUT2D eigenvalue weighted by Gasteiger charge is -2.23. The Balaban J connectivity index is 2.11. The van der Waals surface area contributed by atoms with Crippen molar-refractivity contribution in [2.45, 2.75) is 78.4 Å². The average molecular weight is 372 g/mol. The zero-order valence-electron chi connectivity index (χ0n) is 17.3. The summed E-state index contributed by atoms with van der Waals surface area (Å²) in [5, 5.41) is 2.99. The number of aryl methyl sites for hydroxylation is 1. The van der Waals surface area contributed by atoms with E-state index >= 15 is 0 Å². The van der Waals surface area contributed by atoms with Crippen molar-refractivity contribution in [2.24, 2.45) is 0 Å². The van der Waals surface area contributed by atoms with Crippen molar-refractivity contribution in [3.05, 3.63) is 41.9 Å². The molecule has 0 radical (unpaired) electrons. The van der Waals surface area contributed by atoms with Gasteiger partial charge in [0.2, 0.25) is 0 Å². The Labute approximate surface area is 162 Å². The number of aromatic nitrogens is 2. The number of amides is 1. The number of carbonyl (C=O) groups excluding carboxylic acids is 1. The van der Waals surface area contributed by atoms with Crippen LogP contribution in [0, 0.1) is 6.92 Å². The van der Waals surface area contributed by atoms with E-state index < -0.39 is 11.7 Å². The van der Waals surface area contributed by atoms with E-state index in [9.17, 15) is 4.79 Å². The van der Waals surface area contributed by atoms with Gasteiger partial charge in [0.05, 0.1) is 17.9 Å². The minimum atomic E-state index is -0.521. The van der Waals surface area contributed by atoms with Crippen molar-refractivity contribution in [1.29, 1.82) is 0 Å². The first kappa shape index (κ1) is 21.0. The van der Waals surface area contributed by atoms with Crippen LogP contribution in [-0.4, -0.2) is 21.7 Å². The largest absolute Gasteiger partial charge is 0.444 e. The van der Waals surface area contributed by atoms with Crippen molar-refractivity contribution < 1.29 is 9.53 Å². The van der Waals surface area contributed by atoms with Crippen LogP contribution >= 0.6 is 0 Å². The molecule has 2 aromatic rings. The Morgan fingerprint density at radius 3 is 2.52 bits per heavy atom. The van der Waals surface area contributed by atoms with Crippen molar-refractivity contribution in [3.63, 3.8) is 0 Å². The first-order chi connectivity index (χ1) is 12.8. The summed E-state index contributed by atoms with van der Waals surface area (Å²) in [6.07, 6.45) is 6.82. The summed E-state index contributed by atoms with van der Waals surface area (Å²) in [6, 6.07) is 8.12. The van der Waals surface area contributed by atoms with Gasteiger partial charge in [-0.15, -0.1) is 0 Å². The molecule has 5 heteroatoms. The minimum Gasteiger partial charge on any atom is -0.444 e. The molecule has 1 heterocycles. The molecule has 1 aromatic heterocycles. The lowest BCUT2D eigenvalue weighted by atomic mass is 10.1. The molecule has 0 aliphatic heterocycles. The van der Waals surface area contributed by atoms with Gasteiger partial charge in [0.1, 0.15) is 11.4 Å². The van der Waals surface area contributed by atoms with Crippen LogP contribution in [-0.2, 0) is 4.74 Å². The molecule has 5 nitrogen and oxygen atoms in total. The van der Waals surface area contributed by atoms with Gasteiger partial charge in [0.15, 0.2) is 0 Å². The number of nitrogens with one attached hydrogen (secondary N) is 2. The maximum absolute atomic E-state index is 12.3. The number of benzene rings is 1. The molecule has 0 spiro atoms. The summed E-state index contributed by atoms with van der Waals surface area (Å²) in [5.41, 5.74) is 2.74. The maximum atomic E-state index is 12.3. The minimum absolute atomic E-state index is 0.184. The number of carbonyl (C=O) groups is 1. The normalized spacial score (nSPS) is 12.6.